The molecule has 0 radical (unpaired) electrons. The fourth-order valence-corrected chi connectivity index (χ4v) is 4.24. The van der Waals surface area contributed by atoms with Gasteiger partial charge in [0.15, 0.2) is 0 Å². The van der Waals surface area contributed by atoms with Crippen LogP contribution >= 0.6 is 23.2 Å². The molecule has 3 rings (SSSR count). The third-order valence-electron chi connectivity index (χ3n) is 4.15. The number of nitrogens with zero attached hydrogens (tertiary/aromatic N) is 3. The number of amides is 1. The Morgan fingerprint density at radius 3 is 2.16 bits per heavy atom. The monoisotopic (exact) mass is 476 g/mol. The molecule has 2 aromatic carbocycles. The van der Waals surface area contributed by atoms with E-state index in [0.717, 1.165) is 9.87 Å². The average Bonchev–Trinajstić information content (AvgIpc) is 2.76. The molecule has 1 aromatic heterocycles. The summed E-state index contributed by atoms with van der Waals surface area (Å²) in [6, 6.07) is 15.9. The van der Waals surface area contributed by atoms with Gasteiger partial charge < -0.3 is 0 Å². The summed E-state index contributed by atoms with van der Waals surface area (Å²) in [4.78, 5) is 16.4. The number of pyridine rings is 1. The van der Waals surface area contributed by atoms with E-state index >= 15 is 0 Å². The predicted octanol–water partition coefficient (Wildman–Crippen LogP) is 3.73. The molecule has 0 unspecified atom stereocenters. The number of sulfonamides is 1. The van der Waals surface area contributed by atoms with Crippen LogP contribution in [0.4, 0.5) is 0 Å². The number of rotatable bonds is 8. The molecular weight excluding hydrogens is 459 g/mol. The first kappa shape index (κ1) is 22.9. The molecule has 0 spiro atoms. The fraction of sp³-hybridized carbons (Fsp3) is 0.0952. The van der Waals surface area contributed by atoms with E-state index in [0.29, 0.717) is 15.6 Å². The second-order valence-electron chi connectivity index (χ2n) is 6.43. The molecular formula is C21H18Cl2N4O3S. The van der Waals surface area contributed by atoms with Gasteiger partial charge in [0.05, 0.1) is 17.7 Å². The first-order valence-corrected chi connectivity index (χ1v) is 11.3. The van der Waals surface area contributed by atoms with Gasteiger partial charge in [-0.05, 0) is 59.7 Å². The van der Waals surface area contributed by atoms with Crippen LogP contribution in [0.25, 0.3) is 0 Å². The molecule has 0 saturated heterocycles. The quantitative estimate of drug-likeness (QED) is 0.396. The number of benzene rings is 2. The Bertz CT molecular complexity index is 1150. The summed E-state index contributed by atoms with van der Waals surface area (Å²) in [5, 5.41) is 4.81. The lowest BCUT2D eigenvalue weighted by Gasteiger charge is -2.21. The molecule has 1 heterocycles. The van der Waals surface area contributed by atoms with Crippen LogP contribution in [-0.2, 0) is 21.4 Å². The van der Waals surface area contributed by atoms with E-state index in [9.17, 15) is 13.2 Å². The van der Waals surface area contributed by atoms with E-state index in [4.69, 9.17) is 23.2 Å². The zero-order valence-electron chi connectivity index (χ0n) is 16.2. The maximum absolute atomic E-state index is 13.2. The highest BCUT2D eigenvalue weighted by Crippen LogP contribution is 2.21. The third-order valence-corrected chi connectivity index (χ3v) is 6.46. The molecule has 0 aliphatic rings. The lowest BCUT2D eigenvalue weighted by Crippen LogP contribution is -2.39. The van der Waals surface area contributed by atoms with Crippen molar-refractivity contribution in [2.45, 2.75) is 11.4 Å². The van der Waals surface area contributed by atoms with E-state index in [-0.39, 0.29) is 11.4 Å². The van der Waals surface area contributed by atoms with Crippen molar-refractivity contribution in [1.29, 1.82) is 0 Å². The summed E-state index contributed by atoms with van der Waals surface area (Å²) >= 11 is 11.8. The maximum Gasteiger partial charge on any atom is 0.255 e. The van der Waals surface area contributed by atoms with Gasteiger partial charge in [-0.1, -0.05) is 35.3 Å². The molecule has 0 fully saturated rings. The summed E-state index contributed by atoms with van der Waals surface area (Å²) in [5.74, 6) is -0.586. The summed E-state index contributed by atoms with van der Waals surface area (Å²) in [7, 11) is -3.98. The first-order valence-electron chi connectivity index (χ1n) is 9.07. The van der Waals surface area contributed by atoms with Crippen LogP contribution in [-0.4, -0.2) is 36.4 Å². The molecule has 31 heavy (non-hydrogen) atoms. The van der Waals surface area contributed by atoms with Crippen molar-refractivity contribution in [3.05, 3.63) is 94.2 Å². The van der Waals surface area contributed by atoms with Crippen molar-refractivity contribution >= 4 is 45.3 Å². The van der Waals surface area contributed by atoms with Gasteiger partial charge in [0, 0.05) is 29.0 Å². The average molecular weight is 477 g/mol. The van der Waals surface area contributed by atoms with Gasteiger partial charge in [-0.3, -0.25) is 9.78 Å². The van der Waals surface area contributed by atoms with Crippen LogP contribution in [0, 0.1) is 0 Å². The SMILES string of the molecule is O=C(CN(Cc1ccc(Cl)cc1)S(=O)(=O)c1ccc(Cl)cc1)N/N=C\c1ccncc1. The van der Waals surface area contributed by atoms with Crippen molar-refractivity contribution in [1.82, 2.24) is 14.7 Å². The molecule has 0 saturated carbocycles. The van der Waals surface area contributed by atoms with Crippen LogP contribution < -0.4 is 5.43 Å². The lowest BCUT2D eigenvalue weighted by atomic mass is 10.2. The van der Waals surface area contributed by atoms with Gasteiger partial charge in [-0.25, -0.2) is 13.8 Å². The van der Waals surface area contributed by atoms with Gasteiger partial charge in [-0.2, -0.15) is 9.41 Å². The van der Waals surface area contributed by atoms with Crippen LogP contribution in [0.3, 0.4) is 0 Å². The van der Waals surface area contributed by atoms with Crippen LogP contribution in [0.5, 0.6) is 0 Å². The molecule has 3 aromatic rings. The van der Waals surface area contributed by atoms with Gasteiger partial charge in [0.1, 0.15) is 0 Å². The Labute approximate surface area is 190 Å². The number of nitrogens with one attached hydrogen (secondary N) is 1. The second kappa shape index (κ2) is 10.5. The van der Waals surface area contributed by atoms with E-state index in [1.54, 1.807) is 48.8 Å². The van der Waals surface area contributed by atoms with Crippen LogP contribution in [0.2, 0.25) is 10.0 Å². The zero-order chi connectivity index (χ0) is 22.3. The highest BCUT2D eigenvalue weighted by atomic mass is 35.5. The normalized spacial score (nSPS) is 11.7. The lowest BCUT2D eigenvalue weighted by molar-refractivity contribution is -0.121. The third kappa shape index (κ3) is 6.60. The maximum atomic E-state index is 13.2. The number of hydrogen-bond donors (Lipinski definition) is 1. The van der Waals surface area contributed by atoms with Gasteiger partial charge in [-0.15, -0.1) is 0 Å². The second-order valence-corrected chi connectivity index (χ2v) is 9.24. The Hall–Kier alpha value is -2.78. The molecule has 0 bridgehead atoms. The van der Waals surface area contributed by atoms with Crippen molar-refractivity contribution in [2.75, 3.05) is 6.54 Å². The minimum absolute atomic E-state index is 0.0242. The largest absolute Gasteiger partial charge is 0.272 e. The van der Waals surface area contributed by atoms with Crippen molar-refractivity contribution in [3.63, 3.8) is 0 Å². The first-order chi connectivity index (χ1) is 14.8. The van der Waals surface area contributed by atoms with Gasteiger partial charge in [0.2, 0.25) is 10.0 Å². The smallest absolute Gasteiger partial charge is 0.255 e. The Kier molecular flexibility index (Phi) is 7.75. The Morgan fingerprint density at radius 2 is 1.55 bits per heavy atom. The summed E-state index contributed by atoms with van der Waals surface area (Å²) in [6.07, 6.45) is 4.63. The van der Waals surface area contributed by atoms with Gasteiger partial charge >= 0.3 is 0 Å². The summed E-state index contributed by atoms with van der Waals surface area (Å²) in [5.41, 5.74) is 3.76. The molecule has 0 atom stereocenters. The highest BCUT2D eigenvalue weighted by molar-refractivity contribution is 7.89. The molecule has 0 aliphatic carbocycles. The number of hydrogen-bond acceptors (Lipinski definition) is 5. The Balaban J connectivity index is 1.79. The molecule has 0 aliphatic heterocycles. The number of carbonyl (C=O) groups excluding carboxylic acids is 1. The number of aromatic nitrogens is 1. The van der Waals surface area contributed by atoms with E-state index < -0.39 is 22.5 Å². The summed E-state index contributed by atoms with van der Waals surface area (Å²) in [6.45, 7) is -0.453. The zero-order valence-corrected chi connectivity index (χ0v) is 18.5. The van der Waals surface area contributed by atoms with E-state index in [1.165, 1.54) is 30.5 Å². The van der Waals surface area contributed by atoms with Crippen molar-refractivity contribution in [3.8, 4) is 0 Å². The minimum atomic E-state index is -3.98. The molecule has 7 nitrogen and oxygen atoms in total. The number of hydrazone groups is 1. The van der Waals surface area contributed by atoms with E-state index in [2.05, 4.69) is 15.5 Å². The minimum Gasteiger partial charge on any atom is -0.272 e. The molecule has 160 valence electrons. The topological polar surface area (TPSA) is 91.7 Å². The number of halogens is 2. The fourth-order valence-electron chi connectivity index (χ4n) is 2.60. The standard InChI is InChI=1S/C21H18Cl2N4O3S/c22-18-3-1-17(2-4-18)14-27(31(29,30)20-7-5-19(23)6-8-20)15-21(28)26-25-13-16-9-11-24-12-10-16/h1-13H,14-15H2,(H,26,28)/b25-13-. The molecule has 1 amide bonds. The molecule has 1 N–H and O–H groups in total. The van der Waals surface area contributed by atoms with Crippen LogP contribution in [0.15, 0.2) is 83.1 Å². The van der Waals surface area contributed by atoms with Gasteiger partial charge in [0.25, 0.3) is 5.91 Å². The van der Waals surface area contributed by atoms with Crippen LogP contribution in [0.1, 0.15) is 11.1 Å². The highest BCUT2D eigenvalue weighted by Gasteiger charge is 2.27. The predicted molar refractivity (Wildman–Crippen MR) is 120 cm³/mol. The molecule has 10 heteroatoms. The number of carbonyl (C=O) groups is 1. The van der Waals surface area contributed by atoms with Crippen molar-refractivity contribution < 1.29 is 13.2 Å². The Morgan fingerprint density at radius 1 is 0.968 bits per heavy atom. The van der Waals surface area contributed by atoms with E-state index in [1.807, 2.05) is 0 Å². The summed E-state index contributed by atoms with van der Waals surface area (Å²) < 4.78 is 27.4. The van der Waals surface area contributed by atoms with Crippen molar-refractivity contribution in [2.24, 2.45) is 5.10 Å².